The maximum atomic E-state index is 12.7. The summed E-state index contributed by atoms with van der Waals surface area (Å²) in [5, 5.41) is 0. The SMILES string of the molecule is CCCCCCCCCCCCCCCCCCC(=O)OC[C@@H](COC(=O)CCCCCCCCCCCCCCC)OC(=O)CCCCCCCCCCCCC. The van der Waals surface area contributed by atoms with Crippen LogP contribution >= 0.6 is 0 Å². The molecule has 6 nitrogen and oxygen atoms in total. The highest BCUT2D eigenvalue weighted by atomic mass is 16.6. The van der Waals surface area contributed by atoms with Crippen LogP contribution in [-0.4, -0.2) is 37.2 Å². The third kappa shape index (κ3) is 45.5. The molecule has 0 saturated heterocycles. The van der Waals surface area contributed by atoms with E-state index < -0.39 is 6.10 Å². The molecule has 0 heterocycles. The molecule has 0 aromatic carbocycles. The molecule has 0 unspecified atom stereocenters. The Hall–Kier alpha value is -1.59. The van der Waals surface area contributed by atoms with Gasteiger partial charge in [-0.1, -0.05) is 258 Å². The zero-order chi connectivity index (χ0) is 42.3. The maximum absolute atomic E-state index is 12.7. The van der Waals surface area contributed by atoms with Crippen molar-refractivity contribution in [1.29, 1.82) is 0 Å². The van der Waals surface area contributed by atoms with E-state index in [9.17, 15) is 14.4 Å². The lowest BCUT2D eigenvalue weighted by atomic mass is 10.0. The molecule has 0 aromatic rings. The van der Waals surface area contributed by atoms with Crippen molar-refractivity contribution in [2.45, 2.75) is 303 Å². The largest absolute Gasteiger partial charge is 0.462 e. The first-order valence-electron chi connectivity index (χ1n) is 26.0. The van der Waals surface area contributed by atoms with Gasteiger partial charge in [0.2, 0.25) is 0 Å². The van der Waals surface area contributed by atoms with E-state index in [1.165, 1.54) is 199 Å². The van der Waals surface area contributed by atoms with Crippen LogP contribution in [0.1, 0.15) is 297 Å². The van der Waals surface area contributed by atoms with E-state index in [-0.39, 0.29) is 31.1 Å². The molecule has 0 aliphatic rings. The summed E-state index contributed by atoms with van der Waals surface area (Å²) in [4.78, 5) is 37.9. The van der Waals surface area contributed by atoms with Gasteiger partial charge in [0, 0.05) is 19.3 Å². The number of rotatable bonds is 48. The summed E-state index contributed by atoms with van der Waals surface area (Å²) in [6, 6.07) is 0. The van der Waals surface area contributed by atoms with Gasteiger partial charge in [-0.3, -0.25) is 14.4 Å². The van der Waals surface area contributed by atoms with E-state index in [2.05, 4.69) is 20.8 Å². The fourth-order valence-corrected chi connectivity index (χ4v) is 7.92. The number of carbonyl (C=O) groups excluding carboxylic acids is 3. The summed E-state index contributed by atoms with van der Waals surface area (Å²) in [5.74, 6) is -0.841. The van der Waals surface area contributed by atoms with Gasteiger partial charge in [0.1, 0.15) is 13.2 Å². The molecule has 58 heavy (non-hydrogen) atoms. The highest BCUT2D eigenvalue weighted by Crippen LogP contribution is 2.17. The van der Waals surface area contributed by atoms with Crippen molar-refractivity contribution in [1.82, 2.24) is 0 Å². The van der Waals surface area contributed by atoms with Crippen LogP contribution in [0.3, 0.4) is 0 Å². The van der Waals surface area contributed by atoms with E-state index in [4.69, 9.17) is 14.2 Å². The number of esters is 3. The fourth-order valence-electron chi connectivity index (χ4n) is 7.92. The number of carbonyl (C=O) groups is 3. The monoisotopic (exact) mass is 821 g/mol. The van der Waals surface area contributed by atoms with Gasteiger partial charge in [-0.25, -0.2) is 0 Å². The van der Waals surface area contributed by atoms with Gasteiger partial charge in [-0.2, -0.15) is 0 Å². The van der Waals surface area contributed by atoms with Crippen LogP contribution in [0.2, 0.25) is 0 Å². The summed E-state index contributed by atoms with van der Waals surface area (Å²) < 4.78 is 16.8. The summed E-state index contributed by atoms with van der Waals surface area (Å²) in [6.45, 7) is 6.67. The first kappa shape index (κ1) is 56.4. The number of hydrogen-bond acceptors (Lipinski definition) is 6. The van der Waals surface area contributed by atoms with Crippen LogP contribution in [-0.2, 0) is 28.6 Å². The average Bonchev–Trinajstić information content (AvgIpc) is 3.22. The molecule has 0 spiro atoms. The topological polar surface area (TPSA) is 78.9 Å². The van der Waals surface area contributed by atoms with Crippen molar-refractivity contribution in [2.75, 3.05) is 13.2 Å². The Morgan fingerprint density at radius 2 is 0.466 bits per heavy atom. The highest BCUT2D eigenvalue weighted by molar-refractivity contribution is 5.71. The molecule has 0 rings (SSSR count). The summed E-state index contributed by atoms with van der Waals surface area (Å²) in [6.07, 6.45) is 50.8. The Morgan fingerprint density at radius 1 is 0.276 bits per heavy atom. The first-order valence-corrected chi connectivity index (χ1v) is 26.0. The van der Waals surface area contributed by atoms with Crippen molar-refractivity contribution in [3.05, 3.63) is 0 Å². The average molecular weight is 821 g/mol. The molecular weight excluding hydrogens is 721 g/mol. The molecule has 0 bridgehead atoms. The molecule has 0 amide bonds. The second kappa shape index (κ2) is 48.1. The third-order valence-corrected chi connectivity index (χ3v) is 11.9. The van der Waals surface area contributed by atoms with Gasteiger partial charge in [-0.05, 0) is 19.3 Å². The number of unbranched alkanes of at least 4 members (excludes halogenated alkanes) is 37. The number of ether oxygens (including phenoxy) is 3. The smallest absolute Gasteiger partial charge is 0.306 e. The van der Waals surface area contributed by atoms with E-state index >= 15 is 0 Å². The van der Waals surface area contributed by atoms with E-state index in [1.54, 1.807) is 0 Å². The molecule has 0 saturated carbocycles. The zero-order valence-corrected chi connectivity index (χ0v) is 39.3. The summed E-state index contributed by atoms with van der Waals surface area (Å²) in [7, 11) is 0. The van der Waals surface area contributed by atoms with Crippen molar-refractivity contribution >= 4 is 17.9 Å². The van der Waals surface area contributed by atoms with Gasteiger partial charge in [-0.15, -0.1) is 0 Å². The normalized spacial score (nSPS) is 11.8. The molecule has 1 atom stereocenters. The number of hydrogen-bond donors (Lipinski definition) is 0. The quantitative estimate of drug-likeness (QED) is 0.0346. The van der Waals surface area contributed by atoms with Gasteiger partial charge >= 0.3 is 17.9 Å². The standard InChI is InChI=1S/C52H100O6/c1-4-7-10-13-16-19-22-24-25-26-28-31-33-36-39-42-45-51(54)57-48-49(58-52(55)46-43-40-37-34-29-21-18-15-12-9-6-3)47-56-50(53)44-41-38-35-32-30-27-23-20-17-14-11-8-5-2/h49H,4-48H2,1-3H3/t49-/m1/s1. The maximum Gasteiger partial charge on any atom is 0.306 e. The zero-order valence-electron chi connectivity index (χ0n) is 39.3. The Labute approximate surface area is 361 Å². The van der Waals surface area contributed by atoms with Crippen LogP contribution in [0.4, 0.5) is 0 Å². The first-order chi connectivity index (χ1) is 28.5. The van der Waals surface area contributed by atoms with Gasteiger partial charge in [0.05, 0.1) is 0 Å². The second-order valence-corrected chi connectivity index (χ2v) is 17.8. The molecule has 0 aliphatic heterocycles. The summed E-state index contributed by atoms with van der Waals surface area (Å²) >= 11 is 0. The molecule has 0 aliphatic carbocycles. The van der Waals surface area contributed by atoms with Crippen molar-refractivity contribution in [3.8, 4) is 0 Å². The van der Waals surface area contributed by atoms with Crippen molar-refractivity contribution in [2.24, 2.45) is 0 Å². The molecule has 0 aromatic heterocycles. The minimum atomic E-state index is -0.759. The van der Waals surface area contributed by atoms with Gasteiger partial charge in [0.25, 0.3) is 0 Å². The minimum absolute atomic E-state index is 0.0618. The molecule has 0 N–H and O–H groups in total. The lowest BCUT2D eigenvalue weighted by molar-refractivity contribution is -0.167. The van der Waals surface area contributed by atoms with Crippen LogP contribution in [0.15, 0.2) is 0 Å². The molecule has 0 radical (unpaired) electrons. The van der Waals surface area contributed by atoms with Crippen LogP contribution < -0.4 is 0 Å². The lowest BCUT2D eigenvalue weighted by Gasteiger charge is -2.18. The molecule has 0 fully saturated rings. The predicted molar refractivity (Wildman–Crippen MR) is 247 cm³/mol. The van der Waals surface area contributed by atoms with Crippen molar-refractivity contribution in [3.63, 3.8) is 0 Å². The second-order valence-electron chi connectivity index (χ2n) is 17.8. The van der Waals surface area contributed by atoms with E-state index in [1.807, 2.05) is 0 Å². The van der Waals surface area contributed by atoms with Crippen LogP contribution in [0.5, 0.6) is 0 Å². The fraction of sp³-hybridized carbons (Fsp3) is 0.942. The Balaban J connectivity index is 4.27. The Kier molecular flexibility index (Phi) is 46.8. The Bertz CT molecular complexity index is 859. The van der Waals surface area contributed by atoms with Gasteiger partial charge in [0.15, 0.2) is 6.10 Å². The van der Waals surface area contributed by atoms with Crippen LogP contribution in [0.25, 0.3) is 0 Å². The Morgan fingerprint density at radius 3 is 0.690 bits per heavy atom. The van der Waals surface area contributed by atoms with Gasteiger partial charge < -0.3 is 14.2 Å². The third-order valence-electron chi connectivity index (χ3n) is 11.9. The predicted octanol–water partition coefficient (Wildman–Crippen LogP) is 16.8. The lowest BCUT2D eigenvalue weighted by Crippen LogP contribution is -2.30. The van der Waals surface area contributed by atoms with E-state index in [0.29, 0.717) is 19.3 Å². The van der Waals surface area contributed by atoms with E-state index in [0.717, 1.165) is 57.8 Å². The molecular formula is C52H100O6. The van der Waals surface area contributed by atoms with Crippen molar-refractivity contribution < 1.29 is 28.6 Å². The summed E-state index contributed by atoms with van der Waals surface area (Å²) in [5.41, 5.74) is 0. The minimum Gasteiger partial charge on any atom is -0.462 e. The molecule has 344 valence electrons. The highest BCUT2D eigenvalue weighted by Gasteiger charge is 2.19. The van der Waals surface area contributed by atoms with Crippen LogP contribution in [0, 0.1) is 0 Å². The molecule has 6 heteroatoms.